The molecule has 18 heavy (non-hydrogen) atoms. The van der Waals surface area contributed by atoms with Crippen molar-refractivity contribution in [2.24, 2.45) is 5.84 Å². The van der Waals surface area contributed by atoms with Crippen LogP contribution in [0.3, 0.4) is 0 Å². The Hall–Kier alpha value is -2.17. The molecule has 0 aliphatic heterocycles. The largest absolute Gasteiger partial charge is 0.368 e. The highest BCUT2D eigenvalue weighted by molar-refractivity contribution is 7.10. The molecule has 1 aromatic heterocycles. The lowest BCUT2D eigenvalue weighted by Crippen LogP contribution is -2.18. The van der Waals surface area contributed by atoms with Crippen LogP contribution in [0.1, 0.15) is 11.3 Å². The van der Waals surface area contributed by atoms with E-state index in [9.17, 15) is 0 Å². The van der Waals surface area contributed by atoms with Crippen LogP contribution in [0.2, 0.25) is 0 Å². The molecule has 0 saturated heterocycles. The van der Waals surface area contributed by atoms with Gasteiger partial charge in [-0.2, -0.15) is 5.26 Å². The SMILES string of the molecule is CN(Cc1nnsc1NN)c1cccc(C#N)c1. The van der Waals surface area contributed by atoms with Gasteiger partial charge in [0.1, 0.15) is 10.7 Å². The van der Waals surface area contributed by atoms with E-state index in [-0.39, 0.29) is 0 Å². The highest BCUT2D eigenvalue weighted by atomic mass is 32.1. The first-order chi connectivity index (χ1) is 8.74. The molecule has 0 saturated carbocycles. The number of nitrogen functional groups attached to an aromatic ring is 1. The maximum Gasteiger partial charge on any atom is 0.149 e. The number of nitrogens with two attached hydrogens (primary N) is 1. The van der Waals surface area contributed by atoms with Gasteiger partial charge in [-0.25, -0.2) is 5.84 Å². The number of anilines is 2. The zero-order chi connectivity index (χ0) is 13.0. The molecule has 2 aromatic rings. The van der Waals surface area contributed by atoms with Gasteiger partial charge in [0.2, 0.25) is 0 Å². The van der Waals surface area contributed by atoms with Crippen molar-refractivity contribution in [3.05, 3.63) is 35.5 Å². The Morgan fingerprint density at radius 1 is 1.56 bits per heavy atom. The molecule has 0 fully saturated rings. The maximum absolute atomic E-state index is 8.87. The minimum atomic E-state index is 0.574. The van der Waals surface area contributed by atoms with Crippen LogP contribution in [0.5, 0.6) is 0 Å². The fourth-order valence-electron chi connectivity index (χ4n) is 1.55. The maximum atomic E-state index is 8.87. The summed E-state index contributed by atoms with van der Waals surface area (Å²) in [6.07, 6.45) is 0. The molecule has 1 aromatic carbocycles. The van der Waals surface area contributed by atoms with Crippen LogP contribution in [0.25, 0.3) is 0 Å². The normalized spacial score (nSPS) is 9.83. The summed E-state index contributed by atoms with van der Waals surface area (Å²) in [6.45, 7) is 0.574. The Labute approximate surface area is 109 Å². The van der Waals surface area contributed by atoms with Crippen LogP contribution in [0.4, 0.5) is 10.7 Å². The van der Waals surface area contributed by atoms with E-state index in [4.69, 9.17) is 11.1 Å². The van der Waals surface area contributed by atoms with Crippen LogP contribution in [-0.2, 0) is 6.54 Å². The van der Waals surface area contributed by atoms with Crippen molar-refractivity contribution in [3.8, 4) is 6.07 Å². The molecule has 2 rings (SSSR count). The molecule has 0 bridgehead atoms. The zero-order valence-corrected chi connectivity index (χ0v) is 10.6. The van der Waals surface area contributed by atoms with Gasteiger partial charge in [-0.3, -0.25) is 0 Å². The van der Waals surface area contributed by atoms with E-state index >= 15 is 0 Å². The van der Waals surface area contributed by atoms with Gasteiger partial charge in [0.15, 0.2) is 0 Å². The summed E-state index contributed by atoms with van der Waals surface area (Å²) in [5, 5.41) is 13.6. The summed E-state index contributed by atoms with van der Waals surface area (Å²) in [7, 11) is 1.93. The summed E-state index contributed by atoms with van der Waals surface area (Å²) < 4.78 is 3.84. The van der Waals surface area contributed by atoms with Crippen molar-refractivity contribution >= 4 is 22.2 Å². The molecular formula is C11H12N6S. The Balaban J connectivity index is 2.17. The lowest BCUT2D eigenvalue weighted by atomic mass is 10.2. The Bertz CT molecular complexity index is 573. The summed E-state index contributed by atoms with van der Waals surface area (Å²) >= 11 is 1.22. The molecule has 1 heterocycles. The molecule has 0 radical (unpaired) electrons. The van der Waals surface area contributed by atoms with Crippen molar-refractivity contribution in [2.45, 2.75) is 6.54 Å². The number of nitrogens with zero attached hydrogens (tertiary/aromatic N) is 4. The van der Waals surface area contributed by atoms with E-state index in [1.54, 1.807) is 6.07 Å². The van der Waals surface area contributed by atoms with Gasteiger partial charge in [0.05, 0.1) is 18.2 Å². The summed E-state index contributed by atoms with van der Waals surface area (Å²) in [5.41, 5.74) is 4.94. The third kappa shape index (κ3) is 2.56. The van der Waals surface area contributed by atoms with Gasteiger partial charge in [-0.15, -0.1) is 5.10 Å². The number of nitriles is 1. The van der Waals surface area contributed by atoms with Crippen molar-refractivity contribution in [3.63, 3.8) is 0 Å². The predicted octanol–water partition coefficient (Wildman–Crippen LogP) is 1.33. The quantitative estimate of drug-likeness (QED) is 0.636. The number of hydrazine groups is 1. The molecule has 0 unspecified atom stereocenters. The molecule has 0 aliphatic carbocycles. The van der Waals surface area contributed by atoms with E-state index in [1.165, 1.54) is 11.5 Å². The molecular weight excluding hydrogens is 248 g/mol. The van der Waals surface area contributed by atoms with Crippen LogP contribution >= 0.6 is 11.5 Å². The number of nitrogens with one attached hydrogen (secondary N) is 1. The summed E-state index contributed by atoms with van der Waals surface area (Å²) in [6, 6.07) is 9.51. The van der Waals surface area contributed by atoms with Crippen LogP contribution < -0.4 is 16.2 Å². The van der Waals surface area contributed by atoms with E-state index in [0.717, 1.165) is 16.4 Å². The average molecular weight is 260 g/mol. The minimum absolute atomic E-state index is 0.574. The number of benzene rings is 1. The second-order valence-corrected chi connectivity index (χ2v) is 4.47. The zero-order valence-electron chi connectivity index (χ0n) is 9.79. The van der Waals surface area contributed by atoms with Crippen molar-refractivity contribution in [1.29, 1.82) is 5.26 Å². The van der Waals surface area contributed by atoms with Crippen LogP contribution in [0.15, 0.2) is 24.3 Å². The minimum Gasteiger partial charge on any atom is -0.368 e. The number of aromatic nitrogens is 2. The van der Waals surface area contributed by atoms with E-state index in [0.29, 0.717) is 12.1 Å². The van der Waals surface area contributed by atoms with Crippen molar-refractivity contribution in [2.75, 3.05) is 17.4 Å². The van der Waals surface area contributed by atoms with Gasteiger partial charge < -0.3 is 10.3 Å². The molecule has 3 N–H and O–H groups in total. The Morgan fingerprint density at radius 3 is 3.11 bits per heavy atom. The average Bonchev–Trinajstić information content (AvgIpc) is 2.86. The Morgan fingerprint density at radius 2 is 2.39 bits per heavy atom. The molecule has 7 heteroatoms. The van der Waals surface area contributed by atoms with E-state index < -0.39 is 0 Å². The van der Waals surface area contributed by atoms with E-state index in [2.05, 4.69) is 21.1 Å². The fraction of sp³-hybridized carbons (Fsp3) is 0.182. The second-order valence-electron chi connectivity index (χ2n) is 3.71. The molecule has 0 aliphatic rings. The fourth-order valence-corrected chi connectivity index (χ4v) is 2.04. The third-order valence-corrected chi connectivity index (χ3v) is 3.19. The van der Waals surface area contributed by atoms with Crippen molar-refractivity contribution in [1.82, 2.24) is 9.59 Å². The van der Waals surface area contributed by atoms with Gasteiger partial charge in [-0.1, -0.05) is 10.6 Å². The summed E-state index contributed by atoms with van der Waals surface area (Å²) in [5.74, 6) is 5.37. The topological polar surface area (TPSA) is 90.9 Å². The number of hydrogen-bond acceptors (Lipinski definition) is 7. The van der Waals surface area contributed by atoms with Crippen LogP contribution in [0, 0.1) is 11.3 Å². The van der Waals surface area contributed by atoms with Gasteiger partial charge in [-0.05, 0) is 18.2 Å². The van der Waals surface area contributed by atoms with E-state index in [1.807, 2.05) is 30.1 Å². The summed E-state index contributed by atoms with van der Waals surface area (Å²) in [4.78, 5) is 1.98. The second kappa shape index (κ2) is 5.44. The van der Waals surface area contributed by atoms with Crippen molar-refractivity contribution < 1.29 is 0 Å². The third-order valence-electron chi connectivity index (χ3n) is 2.49. The lowest BCUT2D eigenvalue weighted by Gasteiger charge is -2.18. The molecule has 6 nitrogen and oxygen atoms in total. The first-order valence-corrected chi connectivity index (χ1v) is 6.01. The molecule has 0 atom stereocenters. The first kappa shape index (κ1) is 12.3. The number of rotatable bonds is 4. The van der Waals surface area contributed by atoms with Gasteiger partial charge >= 0.3 is 0 Å². The first-order valence-electron chi connectivity index (χ1n) is 5.23. The van der Waals surface area contributed by atoms with Gasteiger partial charge in [0.25, 0.3) is 0 Å². The predicted molar refractivity (Wildman–Crippen MR) is 71.0 cm³/mol. The molecule has 92 valence electrons. The molecule has 0 amide bonds. The standard InChI is InChI=1S/C11H12N6S/c1-17(7-10-11(14-13)18-16-15-10)9-4-2-3-8(5-9)6-12/h2-5,14H,7,13H2,1H3. The lowest BCUT2D eigenvalue weighted by molar-refractivity contribution is 0.872. The highest BCUT2D eigenvalue weighted by Gasteiger charge is 2.10. The molecule has 0 spiro atoms. The Kier molecular flexibility index (Phi) is 3.72. The van der Waals surface area contributed by atoms with Gasteiger partial charge in [0, 0.05) is 24.3 Å². The monoisotopic (exact) mass is 260 g/mol. The van der Waals surface area contributed by atoms with Crippen LogP contribution in [-0.4, -0.2) is 16.6 Å². The number of hydrogen-bond donors (Lipinski definition) is 2. The highest BCUT2D eigenvalue weighted by Crippen LogP contribution is 2.21. The smallest absolute Gasteiger partial charge is 0.149 e.